The smallest absolute Gasteiger partial charge is 0.424 e. The summed E-state index contributed by atoms with van der Waals surface area (Å²) in [5, 5.41) is 9.72. The Labute approximate surface area is 170 Å². The minimum absolute atomic E-state index is 0.170. The van der Waals surface area contributed by atoms with Gasteiger partial charge in [0.25, 0.3) is 5.91 Å². The predicted molar refractivity (Wildman–Crippen MR) is 102 cm³/mol. The van der Waals surface area contributed by atoms with Crippen LogP contribution in [0.2, 0.25) is 0 Å². The Morgan fingerprint density at radius 3 is 2.28 bits per heavy atom. The summed E-state index contributed by atoms with van der Waals surface area (Å²) >= 11 is 0.646. The van der Waals surface area contributed by atoms with Crippen LogP contribution in [0.5, 0.6) is 0 Å². The van der Waals surface area contributed by atoms with Gasteiger partial charge in [0.15, 0.2) is 6.61 Å². The summed E-state index contributed by atoms with van der Waals surface area (Å²) in [6.45, 7) is 6.39. The number of aromatic nitrogens is 1. The number of alkyl halides is 3. The maximum atomic E-state index is 13.7. The van der Waals surface area contributed by atoms with Crippen molar-refractivity contribution in [3.63, 3.8) is 0 Å². The number of ether oxygens (including phenoxy) is 1. The number of nitrogens with zero attached hydrogens (tertiary/aromatic N) is 2. The molecular formula is C19H23F3N2O4S. The normalized spacial score (nSPS) is 14.3. The summed E-state index contributed by atoms with van der Waals surface area (Å²) < 4.78 is 46.2. The van der Waals surface area contributed by atoms with E-state index in [0.29, 0.717) is 16.0 Å². The van der Waals surface area contributed by atoms with E-state index in [1.807, 2.05) is 0 Å². The quantitative estimate of drug-likeness (QED) is 0.676. The van der Waals surface area contributed by atoms with Crippen LogP contribution < -0.4 is 0 Å². The van der Waals surface area contributed by atoms with Gasteiger partial charge >= 0.3 is 12.1 Å². The number of esters is 1. The van der Waals surface area contributed by atoms with Crippen LogP contribution in [0.4, 0.5) is 13.2 Å². The second kappa shape index (κ2) is 8.66. The topological polar surface area (TPSA) is 79.7 Å². The number of benzene rings is 1. The molecule has 10 heteroatoms. The minimum atomic E-state index is -5.16. The number of amides is 1. The van der Waals surface area contributed by atoms with Crippen LogP contribution in [0.1, 0.15) is 39.1 Å². The number of rotatable bonds is 7. The van der Waals surface area contributed by atoms with Gasteiger partial charge in [-0.05, 0) is 39.8 Å². The fraction of sp³-hybridized carbons (Fsp3) is 0.526. The van der Waals surface area contributed by atoms with Crippen LogP contribution >= 0.6 is 11.3 Å². The number of aliphatic hydroxyl groups is 1. The molecule has 0 saturated carbocycles. The lowest BCUT2D eigenvalue weighted by atomic mass is 10.00. The van der Waals surface area contributed by atoms with Gasteiger partial charge in [0.1, 0.15) is 5.01 Å². The van der Waals surface area contributed by atoms with Crippen LogP contribution in [0.15, 0.2) is 24.3 Å². The van der Waals surface area contributed by atoms with Crippen LogP contribution in [-0.2, 0) is 19.9 Å². The van der Waals surface area contributed by atoms with Crippen molar-refractivity contribution in [3.05, 3.63) is 29.3 Å². The molecule has 0 bridgehead atoms. The zero-order valence-electron chi connectivity index (χ0n) is 16.5. The van der Waals surface area contributed by atoms with Gasteiger partial charge in [0, 0.05) is 12.1 Å². The zero-order valence-corrected chi connectivity index (χ0v) is 17.3. The van der Waals surface area contributed by atoms with Crippen LogP contribution in [0, 0.1) is 0 Å². The van der Waals surface area contributed by atoms with Crippen molar-refractivity contribution in [1.29, 1.82) is 0 Å². The number of carbonyl (C=O) groups is 2. The van der Waals surface area contributed by atoms with Gasteiger partial charge in [-0.2, -0.15) is 13.2 Å². The van der Waals surface area contributed by atoms with Gasteiger partial charge in [0.2, 0.25) is 5.60 Å². The number of halogens is 3. The van der Waals surface area contributed by atoms with Crippen LogP contribution in [-0.4, -0.2) is 51.7 Å². The van der Waals surface area contributed by atoms with E-state index in [2.05, 4.69) is 4.98 Å². The molecule has 1 amide bonds. The zero-order chi connectivity index (χ0) is 22.0. The second-order valence-electron chi connectivity index (χ2n) is 7.17. The molecule has 0 aliphatic heterocycles. The maximum absolute atomic E-state index is 13.7. The van der Waals surface area contributed by atoms with E-state index in [0.717, 1.165) is 0 Å². The van der Waals surface area contributed by atoms with Gasteiger partial charge in [-0.15, -0.1) is 11.3 Å². The average molecular weight is 432 g/mol. The van der Waals surface area contributed by atoms with Crippen molar-refractivity contribution >= 4 is 33.4 Å². The van der Waals surface area contributed by atoms with Crippen LogP contribution in [0.3, 0.4) is 0 Å². The molecule has 0 radical (unpaired) electrons. The Hall–Kier alpha value is -2.20. The first-order chi connectivity index (χ1) is 13.4. The Balaban J connectivity index is 2.18. The van der Waals surface area contributed by atoms with Crippen molar-refractivity contribution in [2.75, 3.05) is 6.61 Å². The Bertz CT molecular complexity index is 841. The van der Waals surface area contributed by atoms with Gasteiger partial charge < -0.3 is 14.7 Å². The third-order valence-corrected chi connectivity index (χ3v) is 5.46. The summed E-state index contributed by atoms with van der Waals surface area (Å²) in [5.74, 6) is -1.87. The number of fused-ring (bicyclic) bond motifs is 1. The molecule has 1 aromatic carbocycles. The number of carbonyl (C=O) groups excluding carboxylic acids is 2. The number of thiazole rings is 1. The lowest BCUT2D eigenvalue weighted by molar-refractivity contribution is -0.269. The molecular weight excluding hydrogens is 409 g/mol. The predicted octanol–water partition coefficient (Wildman–Crippen LogP) is 3.62. The highest BCUT2D eigenvalue weighted by Crippen LogP contribution is 2.44. The maximum Gasteiger partial charge on any atom is 0.424 e. The van der Waals surface area contributed by atoms with Crippen molar-refractivity contribution in [2.24, 2.45) is 0 Å². The minimum Gasteiger partial charge on any atom is -0.455 e. The molecule has 29 heavy (non-hydrogen) atoms. The Morgan fingerprint density at radius 1 is 1.17 bits per heavy atom. The fourth-order valence-electron chi connectivity index (χ4n) is 3.00. The molecule has 0 aliphatic rings. The molecule has 2 aromatic rings. The molecule has 1 N–H and O–H groups in total. The van der Waals surface area contributed by atoms with Crippen LogP contribution in [0.25, 0.3) is 10.2 Å². The molecule has 2 rings (SSSR count). The number of para-hydroxylation sites is 1. The largest absolute Gasteiger partial charge is 0.455 e. The monoisotopic (exact) mass is 432 g/mol. The van der Waals surface area contributed by atoms with E-state index < -0.39 is 41.7 Å². The first-order valence-electron chi connectivity index (χ1n) is 8.98. The fourth-order valence-corrected chi connectivity index (χ4v) is 4.07. The van der Waals surface area contributed by atoms with E-state index in [1.54, 1.807) is 45.9 Å². The Morgan fingerprint density at radius 2 is 1.76 bits per heavy atom. The third-order valence-electron chi connectivity index (χ3n) is 4.27. The highest BCUT2D eigenvalue weighted by molar-refractivity contribution is 7.18. The standard InChI is InChI=1S/C19H23F3N2O4S/c1-11(2)24(12(3)4)15(25)10-28-16(26)9-18(27,19(20,21)22)17-23-13-7-5-6-8-14(13)29-17/h5-8,11-12,27H,9-10H2,1-4H3. The molecule has 1 heterocycles. The summed E-state index contributed by atoms with van der Waals surface area (Å²) in [4.78, 5) is 29.6. The van der Waals surface area contributed by atoms with Gasteiger partial charge in [-0.3, -0.25) is 9.59 Å². The highest BCUT2D eigenvalue weighted by atomic mass is 32.1. The molecule has 0 aliphatic carbocycles. The molecule has 6 nitrogen and oxygen atoms in total. The first kappa shape index (κ1) is 23.1. The molecule has 1 unspecified atom stereocenters. The summed E-state index contributed by atoms with van der Waals surface area (Å²) in [6, 6.07) is 5.97. The molecule has 1 atom stereocenters. The van der Waals surface area contributed by atoms with Crippen molar-refractivity contribution < 1.29 is 32.6 Å². The summed E-state index contributed by atoms with van der Waals surface area (Å²) in [7, 11) is 0. The molecule has 1 aromatic heterocycles. The highest BCUT2D eigenvalue weighted by Gasteiger charge is 2.58. The summed E-state index contributed by atoms with van der Waals surface area (Å²) in [5.41, 5.74) is -3.23. The van der Waals surface area contributed by atoms with E-state index >= 15 is 0 Å². The van der Waals surface area contributed by atoms with E-state index in [4.69, 9.17) is 4.74 Å². The average Bonchev–Trinajstić information content (AvgIpc) is 3.03. The summed E-state index contributed by atoms with van der Waals surface area (Å²) in [6.07, 6.45) is -6.56. The van der Waals surface area contributed by atoms with Crippen molar-refractivity contribution in [3.8, 4) is 0 Å². The van der Waals surface area contributed by atoms with Crippen molar-refractivity contribution in [2.45, 2.75) is 58.0 Å². The molecule has 0 saturated heterocycles. The lowest BCUT2D eigenvalue weighted by Gasteiger charge is -2.31. The van der Waals surface area contributed by atoms with E-state index in [1.165, 1.54) is 11.0 Å². The molecule has 0 spiro atoms. The molecule has 0 fully saturated rings. The van der Waals surface area contributed by atoms with E-state index in [9.17, 15) is 27.9 Å². The SMILES string of the molecule is CC(C)N(C(=O)COC(=O)CC(O)(c1nc2ccccc2s1)C(F)(F)F)C(C)C. The second-order valence-corrected chi connectivity index (χ2v) is 8.20. The number of hydrogen-bond donors (Lipinski definition) is 1. The van der Waals surface area contributed by atoms with Gasteiger partial charge in [-0.1, -0.05) is 12.1 Å². The van der Waals surface area contributed by atoms with E-state index in [-0.39, 0.29) is 17.6 Å². The third kappa shape index (κ3) is 5.05. The lowest BCUT2D eigenvalue weighted by Crippen LogP contribution is -2.46. The number of hydrogen-bond acceptors (Lipinski definition) is 6. The molecule has 160 valence electrons. The van der Waals surface area contributed by atoms with Crippen molar-refractivity contribution in [1.82, 2.24) is 9.88 Å². The van der Waals surface area contributed by atoms with Gasteiger partial charge in [0.05, 0.1) is 16.6 Å². The van der Waals surface area contributed by atoms with Gasteiger partial charge in [-0.25, -0.2) is 4.98 Å². The Kier molecular flexibility index (Phi) is 6.89. The first-order valence-corrected chi connectivity index (χ1v) is 9.80.